The summed E-state index contributed by atoms with van der Waals surface area (Å²) in [5, 5.41) is 0. The Bertz CT molecular complexity index is 516. The van der Waals surface area contributed by atoms with E-state index >= 15 is 0 Å². The van der Waals surface area contributed by atoms with E-state index in [1.165, 1.54) is 0 Å². The molecule has 0 radical (unpaired) electrons. The molecule has 0 saturated carbocycles. The summed E-state index contributed by atoms with van der Waals surface area (Å²) in [6, 6.07) is 5.20. The van der Waals surface area contributed by atoms with Gasteiger partial charge in [-0.05, 0) is 36.5 Å². The van der Waals surface area contributed by atoms with Crippen LogP contribution in [0.4, 0.5) is 11.4 Å². The predicted octanol–water partition coefficient (Wildman–Crippen LogP) is 2.76. The lowest BCUT2D eigenvalue weighted by atomic mass is 9.94. The average Bonchev–Trinajstić information content (AvgIpc) is 2.20. The summed E-state index contributed by atoms with van der Waals surface area (Å²) in [5.41, 5.74) is 7.63. The second kappa shape index (κ2) is 5.18. The minimum Gasteiger partial charge on any atom is -0.399 e. The van der Waals surface area contributed by atoms with Crippen molar-refractivity contribution in [2.75, 3.05) is 16.2 Å². The molecule has 0 fully saturated rings. The Hall–Kier alpha value is -1.23. The Kier molecular flexibility index (Phi) is 4.27. The summed E-state index contributed by atoms with van der Waals surface area (Å²) in [4.78, 5) is 0. The number of nitrogens with two attached hydrogens (primary N) is 1. The van der Waals surface area contributed by atoms with Gasteiger partial charge in [-0.15, -0.1) is 0 Å². The van der Waals surface area contributed by atoms with Gasteiger partial charge in [-0.1, -0.05) is 26.8 Å². The molecule has 0 amide bonds. The fourth-order valence-corrected chi connectivity index (χ4v) is 2.95. The van der Waals surface area contributed by atoms with Crippen LogP contribution in [0.5, 0.6) is 0 Å². The van der Waals surface area contributed by atoms with E-state index in [9.17, 15) is 8.42 Å². The molecule has 0 heterocycles. The lowest BCUT2D eigenvalue weighted by Crippen LogP contribution is -2.21. The predicted molar refractivity (Wildman–Crippen MR) is 77.1 cm³/mol. The van der Waals surface area contributed by atoms with Gasteiger partial charge in [0.1, 0.15) is 0 Å². The van der Waals surface area contributed by atoms with Crippen LogP contribution in [0.15, 0.2) is 18.2 Å². The van der Waals surface area contributed by atoms with Crippen molar-refractivity contribution >= 4 is 21.4 Å². The van der Waals surface area contributed by atoms with Crippen molar-refractivity contribution < 1.29 is 8.42 Å². The van der Waals surface area contributed by atoms with Crippen molar-refractivity contribution in [2.45, 2.75) is 34.1 Å². The number of anilines is 2. The third-order valence-electron chi connectivity index (χ3n) is 2.65. The number of hydrogen-bond donors (Lipinski definition) is 2. The fourth-order valence-electron chi connectivity index (χ4n) is 1.41. The molecule has 0 bridgehead atoms. The lowest BCUT2D eigenvalue weighted by Gasteiger charge is -2.18. The van der Waals surface area contributed by atoms with Crippen molar-refractivity contribution in [3.8, 4) is 0 Å². The van der Waals surface area contributed by atoms with Gasteiger partial charge >= 0.3 is 0 Å². The van der Waals surface area contributed by atoms with Crippen molar-refractivity contribution in [1.82, 2.24) is 0 Å². The van der Waals surface area contributed by atoms with Gasteiger partial charge in [0.25, 0.3) is 0 Å². The van der Waals surface area contributed by atoms with Crippen molar-refractivity contribution in [2.24, 2.45) is 5.41 Å². The van der Waals surface area contributed by atoms with E-state index in [-0.39, 0.29) is 11.2 Å². The van der Waals surface area contributed by atoms with Crippen molar-refractivity contribution in [3.63, 3.8) is 0 Å². The van der Waals surface area contributed by atoms with Crippen LogP contribution in [0.3, 0.4) is 0 Å². The van der Waals surface area contributed by atoms with E-state index in [0.717, 1.165) is 5.56 Å². The molecule has 0 unspecified atom stereocenters. The summed E-state index contributed by atoms with van der Waals surface area (Å²) in [6.45, 7) is 7.91. The molecule has 0 spiro atoms. The Morgan fingerprint density at radius 1 is 1.28 bits per heavy atom. The first kappa shape index (κ1) is 14.8. The van der Waals surface area contributed by atoms with Crippen LogP contribution < -0.4 is 10.5 Å². The maximum atomic E-state index is 12.0. The van der Waals surface area contributed by atoms with Crippen LogP contribution in [0, 0.1) is 12.3 Å². The summed E-state index contributed by atoms with van der Waals surface area (Å²) in [6.07, 6.45) is 0.615. The molecule has 102 valence electrons. The fraction of sp³-hybridized carbons (Fsp3) is 0.538. The minimum absolute atomic E-state index is 0.000486. The third-order valence-corrected chi connectivity index (χ3v) is 3.92. The number of sulfonamides is 1. The first-order valence-corrected chi connectivity index (χ1v) is 7.61. The van der Waals surface area contributed by atoms with Gasteiger partial charge in [0.05, 0.1) is 11.4 Å². The number of hydrogen-bond acceptors (Lipinski definition) is 3. The molecule has 1 rings (SSSR count). The quantitative estimate of drug-likeness (QED) is 0.826. The first-order valence-electron chi connectivity index (χ1n) is 5.96. The lowest BCUT2D eigenvalue weighted by molar-refractivity contribution is 0.397. The maximum Gasteiger partial charge on any atom is 0.232 e. The molecule has 4 nitrogen and oxygen atoms in total. The number of aryl methyl sites for hydroxylation is 1. The second-order valence-corrected chi connectivity index (χ2v) is 7.65. The standard InChI is InChI=1S/C13H22N2O2S/c1-10-5-6-11(14)9-12(10)15-18(16,17)8-7-13(2,3)4/h5-6,9,15H,7-8,14H2,1-4H3. The highest BCUT2D eigenvalue weighted by Gasteiger charge is 2.17. The highest BCUT2D eigenvalue weighted by molar-refractivity contribution is 7.92. The molecule has 0 atom stereocenters. The van der Waals surface area contributed by atoms with E-state index in [4.69, 9.17) is 5.73 Å². The van der Waals surface area contributed by atoms with Crippen LogP contribution in [0.25, 0.3) is 0 Å². The molecule has 0 aromatic heterocycles. The minimum atomic E-state index is -3.31. The Labute approximate surface area is 110 Å². The number of benzene rings is 1. The SMILES string of the molecule is Cc1ccc(N)cc1NS(=O)(=O)CCC(C)(C)C. The Morgan fingerprint density at radius 3 is 2.44 bits per heavy atom. The van der Waals surface area contributed by atoms with E-state index in [1.807, 2.05) is 27.7 Å². The third kappa shape index (κ3) is 4.96. The highest BCUT2D eigenvalue weighted by Crippen LogP contribution is 2.22. The molecular formula is C13H22N2O2S. The van der Waals surface area contributed by atoms with E-state index in [2.05, 4.69) is 4.72 Å². The zero-order valence-electron chi connectivity index (χ0n) is 11.4. The Morgan fingerprint density at radius 2 is 1.89 bits per heavy atom. The summed E-state index contributed by atoms with van der Waals surface area (Å²) in [5.74, 6) is 0.116. The van der Waals surface area contributed by atoms with Crippen molar-refractivity contribution in [1.29, 1.82) is 0 Å². The topological polar surface area (TPSA) is 72.2 Å². The zero-order valence-corrected chi connectivity index (χ0v) is 12.3. The molecular weight excluding hydrogens is 248 g/mol. The number of nitrogen functional groups attached to an aromatic ring is 1. The Balaban J connectivity index is 2.80. The number of rotatable bonds is 4. The van der Waals surface area contributed by atoms with E-state index in [0.29, 0.717) is 17.8 Å². The summed E-state index contributed by atoms with van der Waals surface area (Å²) < 4.78 is 26.5. The molecule has 0 aliphatic heterocycles. The monoisotopic (exact) mass is 270 g/mol. The second-order valence-electron chi connectivity index (χ2n) is 5.81. The van der Waals surface area contributed by atoms with Crippen LogP contribution in [-0.4, -0.2) is 14.2 Å². The number of nitrogens with one attached hydrogen (secondary N) is 1. The molecule has 1 aromatic carbocycles. The molecule has 0 saturated heterocycles. The van der Waals surface area contributed by atoms with Crippen LogP contribution >= 0.6 is 0 Å². The molecule has 1 aromatic rings. The van der Waals surface area contributed by atoms with Gasteiger partial charge in [0.15, 0.2) is 0 Å². The molecule has 5 heteroatoms. The molecule has 3 N–H and O–H groups in total. The van der Waals surface area contributed by atoms with E-state index in [1.54, 1.807) is 18.2 Å². The molecule has 0 aliphatic carbocycles. The molecule has 18 heavy (non-hydrogen) atoms. The average molecular weight is 270 g/mol. The summed E-state index contributed by atoms with van der Waals surface area (Å²) >= 11 is 0. The van der Waals surface area contributed by atoms with Crippen LogP contribution in [0.2, 0.25) is 0 Å². The maximum absolute atomic E-state index is 12.0. The van der Waals surface area contributed by atoms with Gasteiger partial charge in [-0.25, -0.2) is 8.42 Å². The zero-order chi connectivity index (χ0) is 14.0. The van der Waals surface area contributed by atoms with Crippen LogP contribution in [0.1, 0.15) is 32.8 Å². The van der Waals surface area contributed by atoms with Gasteiger partial charge in [0.2, 0.25) is 10.0 Å². The molecule has 0 aliphatic rings. The smallest absolute Gasteiger partial charge is 0.232 e. The van der Waals surface area contributed by atoms with Gasteiger partial charge in [-0.3, -0.25) is 4.72 Å². The van der Waals surface area contributed by atoms with Gasteiger partial charge in [0, 0.05) is 5.69 Å². The van der Waals surface area contributed by atoms with Gasteiger partial charge < -0.3 is 5.73 Å². The largest absolute Gasteiger partial charge is 0.399 e. The first-order chi connectivity index (χ1) is 8.09. The van der Waals surface area contributed by atoms with Gasteiger partial charge in [-0.2, -0.15) is 0 Å². The highest BCUT2D eigenvalue weighted by atomic mass is 32.2. The van der Waals surface area contributed by atoms with Crippen molar-refractivity contribution in [3.05, 3.63) is 23.8 Å². The van der Waals surface area contributed by atoms with Crippen LogP contribution in [-0.2, 0) is 10.0 Å². The normalized spacial score (nSPS) is 12.4. The summed E-state index contributed by atoms with van der Waals surface area (Å²) in [7, 11) is -3.31. The van der Waals surface area contributed by atoms with E-state index < -0.39 is 10.0 Å².